The van der Waals surface area contributed by atoms with E-state index in [0.717, 1.165) is 18.4 Å². The van der Waals surface area contributed by atoms with Crippen LogP contribution in [0.2, 0.25) is 0 Å². The van der Waals surface area contributed by atoms with E-state index in [1.165, 1.54) is 0 Å². The lowest BCUT2D eigenvalue weighted by Gasteiger charge is -2.18. The van der Waals surface area contributed by atoms with Crippen LogP contribution in [0.5, 0.6) is 5.75 Å². The van der Waals surface area contributed by atoms with Crippen LogP contribution in [0.4, 0.5) is 5.69 Å². The van der Waals surface area contributed by atoms with Crippen LogP contribution >= 0.6 is 0 Å². The van der Waals surface area contributed by atoms with E-state index >= 15 is 0 Å². The Hall–Kier alpha value is -1.22. The number of para-hydroxylation sites is 1. The van der Waals surface area contributed by atoms with Crippen molar-refractivity contribution in [2.24, 2.45) is 5.92 Å². The molecule has 3 nitrogen and oxygen atoms in total. The Labute approximate surface area is 97.2 Å². The molecule has 0 radical (unpaired) electrons. The zero-order valence-electron chi connectivity index (χ0n) is 10.2. The number of aliphatic hydroxyl groups excluding tert-OH is 1. The van der Waals surface area contributed by atoms with Gasteiger partial charge in [-0.3, -0.25) is 0 Å². The van der Waals surface area contributed by atoms with Crippen LogP contribution in [0, 0.1) is 5.92 Å². The topological polar surface area (TPSA) is 55.5 Å². The van der Waals surface area contributed by atoms with Crippen LogP contribution in [0.15, 0.2) is 18.2 Å². The molecule has 0 fully saturated rings. The van der Waals surface area contributed by atoms with Crippen molar-refractivity contribution >= 4 is 5.69 Å². The number of nitrogen functional groups attached to an aromatic ring is 1. The van der Waals surface area contributed by atoms with Crippen molar-refractivity contribution in [3.8, 4) is 5.75 Å². The molecular formula is C13H21NO2. The van der Waals surface area contributed by atoms with E-state index in [4.69, 9.17) is 10.5 Å². The minimum absolute atomic E-state index is 0.487. The molecule has 0 aliphatic heterocycles. The number of ether oxygens (including phenoxy) is 1. The largest absolute Gasteiger partial charge is 0.495 e. The summed E-state index contributed by atoms with van der Waals surface area (Å²) in [6.07, 6.45) is 1.28. The molecule has 3 N–H and O–H groups in total. The number of hydrogen-bond acceptors (Lipinski definition) is 3. The summed E-state index contributed by atoms with van der Waals surface area (Å²) in [5.74, 6) is 1.11. The summed E-state index contributed by atoms with van der Waals surface area (Å²) < 4.78 is 5.13. The molecule has 16 heavy (non-hydrogen) atoms. The van der Waals surface area contributed by atoms with Gasteiger partial charge >= 0.3 is 0 Å². The first kappa shape index (κ1) is 12.8. The van der Waals surface area contributed by atoms with Gasteiger partial charge in [0.2, 0.25) is 0 Å². The zero-order valence-corrected chi connectivity index (χ0v) is 10.2. The van der Waals surface area contributed by atoms with Gasteiger partial charge in [-0.15, -0.1) is 0 Å². The fourth-order valence-corrected chi connectivity index (χ4v) is 1.70. The van der Waals surface area contributed by atoms with Gasteiger partial charge in [0, 0.05) is 5.56 Å². The third kappa shape index (κ3) is 2.89. The van der Waals surface area contributed by atoms with Gasteiger partial charge < -0.3 is 15.6 Å². The standard InChI is InChI=1S/C13H21NO2/c1-4-9(2)8-11(15)10-6-5-7-12(16-3)13(10)14/h5-7,9,11,15H,4,8,14H2,1-3H3. The van der Waals surface area contributed by atoms with Crippen LogP contribution in [-0.2, 0) is 0 Å². The average Bonchev–Trinajstić information content (AvgIpc) is 2.29. The van der Waals surface area contributed by atoms with E-state index in [-0.39, 0.29) is 0 Å². The summed E-state index contributed by atoms with van der Waals surface area (Å²) in [6.45, 7) is 4.24. The first-order chi connectivity index (χ1) is 7.60. The predicted octanol–water partition coefficient (Wildman–Crippen LogP) is 2.75. The Bertz CT molecular complexity index is 339. The van der Waals surface area contributed by atoms with Crippen molar-refractivity contribution in [1.82, 2.24) is 0 Å². The summed E-state index contributed by atoms with van der Waals surface area (Å²) in [4.78, 5) is 0. The maximum atomic E-state index is 10.1. The van der Waals surface area contributed by atoms with Gasteiger partial charge in [0.15, 0.2) is 0 Å². The minimum atomic E-state index is -0.509. The van der Waals surface area contributed by atoms with Gasteiger partial charge in [0.25, 0.3) is 0 Å². The molecule has 2 atom stereocenters. The third-order valence-corrected chi connectivity index (χ3v) is 3.00. The normalized spacial score (nSPS) is 14.5. The fraction of sp³-hybridized carbons (Fsp3) is 0.538. The van der Waals surface area contributed by atoms with Crippen LogP contribution in [0.25, 0.3) is 0 Å². The Morgan fingerprint density at radius 2 is 2.12 bits per heavy atom. The van der Waals surface area contributed by atoms with Crippen molar-refractivity contribution in [3.63, 3.8) is 0 Å². The summed E-state index contributed by atoms with van der Waals surface area (Å²) in [5, 5.41) is 10.1. The average molecular weight is 223 g/mol. The summed E-state index contributed by atoms with van der Waals surface area (Å²) >= 11 is 0. The molecule has 0 aliphatic carbocycles. The Morgan fingerprint density at radius 1 is 1.44 bits per heavy atom. The molecular weight excluding hydrogens is 202 g/mol. The van der Waals surface area contributed by atoms with Crippen molar-refractivity contribution in [2.75, 3.05) is 12.8 Å². The zero-order chi connectivity index (χ0) is 12.1. The monoisotopic (exact) mass is 223 g/mol. The predicted molar refractivity (Wildman–Crippen MR) is 66.4 cm³/mol. The SMILES string of the molecule is CCC(C)CC(O)c1cccc(OC)c1N. The smallest absolute Gasteiger partial charge is 0.142 e. The molecule has 1 aromatic carbocycles. The number of methoxy groups -OCH3 is 1. The van der Waals surface area contributed by atoms with Crippen LogP contribution in [0.3, 0.4) is 0 Å². The van der Waals surface area contributed by atoms with Crippen molar-refractivity contribution in [2.45, 2.75) is 32.8 Å². The highest BCUT2D eigenvalue weighted by molar-refractivity contribution is 5.59. The number of benzene rings is 1. The second kappa shape index (κ2) is 5.75. The van der Waals surface area contributed by atoms with E-state index in [1.807, 2.05) is 12.1 Å². The molecule has 0 heterocycles. The van der Waals surface area contributed by atoms with Crippen molar-refractivity contribution < 1.29 is 9.84 Å². The lowest BCUT2D eigenvalue weighted by atomic mass is 9.95. The van der Waals surface area contributed by atoms with Crippen LogP contribution < -0.4 is 10.5 Å². The minimum Gasteiger partial charge on any atom is -0.495 e. The molecule has 0 bridgehead atoms. The molecule has 0 aliphatic rings. The number of aliphatic hydroxyl groups is 1. The number of nitrogens with two attached hydrogens (primary N) is 1. The van der Waals surface area contributed by atoms with Crippen LogP contribution in [-0.4, -0.2) is 12.2 Å². The molecule has 0 saturated carbocycles. The lowest BCUT2D eigenvalue weighted by molar-refractivity contribution is 0.147. The van der Waals surface area contributed by atoms with Gasteiger partial charge in [-0.1, -0.05) is 32.4 Å². The lowest BCUT2D eigenvalue weighted by Crippen LogP contribution is -2.07. The Morgan fingerprint density at radius 3 is 2.69 bits per heavy atom. The molecule has 0 saturated heterocycles. The molecule has 90 valence electrons. The molecule has 3 heteroatoms. The molecule has 1 rings (SSSR count). The second-order valence-corrected chi connectivity index (χ2v) is 4.23. The molecule has 0 amide bonds. The van der Waals surface area contributed by atoms with Gasteiger partial charge in [0.05, 0.1) is 18.9 Å². The van der Waals surface area contributed by atoms with Crippen molar-refractivity contribution in [3.05, 3.63) is 23.8 Å². The van der Waals surface area contributed by atoms with Gasteiger partial charge in [-0.05, 0) is 18.4 Å². The number of anilines is 1. The first-order valence-corrected chi connectivity index (χ1v) is 5.70. The highest BCUT2D eigenvalue weighted by atomic mass is 16.5. The fourth-order valence-electron chi connectivity index (χ4n) is 1.70. The summed E-state index contributed by atoms with van der Waals surface area (Å²) in [5.41, 5.74) is 7.23. The molecule has 0 aromatic heterocycles. The highest BCUT2D eigenvalue weighted by Gasteiger charge is 2.15. The highest BCUT2D eigenvalue weighted by Crippen LogP contribution is 2.32. The maximum absolute atomic E-state index is 10.1. The van der Waals surface area contributed by atoms with Gasteiger partial charge in [0.1, 0.15) is 5.75 Å². The number of rotatable bonds is 5. The summed E-state index contributed by atoms with van der Waals surface area (Å²) in [7, 11) is 1.58. The third-order valence-electron chi connectivity index (χ3n) is 3.00. The van der Waals surface area contributed by atoms with Gasteiger partial charge in [-0.25, -0.2) is 0 Å². The maximum Gasteiger partial charge on any atom is 0.142 e. The first-order valence-electron chi connectivity index (χ1n) is 5.70. The van der Waals surface area contributed by atoms with E-state index in [0.29, 0.717) is 17.4 Å². The molecule has 2 unspecified atom stereocenters. The van der Waals surface area contributed by atoms with Crippen LogP contribution in [0.1, 0.15) is 38.4 Å². The molecule has 0 spiro atoms. The number of hydrogen-bond donors (Lipinski definition) is 2. The second-order valence-electron chi connectivity index (χ2n) is 4.23. The summed E-state index contributed by atoms with van der Waals surface area (Å²) in [6, 6.07) is 5.50. The van der Waals surface area contributed by atoms with E-state index in [2.05, 4.69) is 13.8 Å². The van der Waals surface area contributed by atoms with E-state index < -0.39 is 6.10 Å². The van der Waals surface area contributed by atoms with Crippen molar-refractivity contribution in [1.29, 1.82) is 0 Å². The quantitative estimate of drug-likeness (QED) is 0.755. The van der Waals surface area contributed by atoms with E-state index in [1.54, 1.807) is 13.2 Å². The Kier molecular flexibility index (Phi) is 4.62. The Balaban J connectivity index is 2.86. The van der Waals surface area contributed by atoms with Gasteiger partial charge in [-0.2, -0.15) is 0 Å². The molecule has 1 aromatic rings. The van der Waals surface area contributed by atoms with E-state index in [9.17, 15) is 5.11 Å².